The van der Waals surface area contributed by atoms with Gasteiger partial charge in [0, 0.05) is 0 Å². The van der Waals surface area contributed by atoms with Crippen LogP contribution < -0.4 is 5.56 Å². The number of halogens is 2. The van der Waals surface area contributed by atoms with Gasteiger partial charge in [0.2, 0.25) is 0 Å². The summed E-state index contributed by atoms with van der Waals surface area (Å²) in [4.78, 5) is 15.4. The second kappa shape index (κ2) is 3.45. The van der Waals surface area contributed by atoms with Crippen LogP contribution in [-0.4, -0.2) is 16.0 Å². The molecule has 14 heavy (non-hydrogen) atoms. The maximum absolute atomic E-state index is 12.0. The molecule has 0 spiro atoms. The van der Waals surface area contributed by atoms with E-state index in [1.54, 1.807) is 11.4 Å². The van der Waals surface area contributed by atoms with E-state index in [4.69, 9.17) is 0 Å². The predicted molar refractivity (Wildman–Crippen MR) is 49.9 cm³/mol. The summed E-state index contributed by atoms with van der Waals surface area (Å²) in [5, 5.41) is 1.71. The highest BCUT2D eigenvalue weighted by molar-refractivity contribution is 7.17. The molecule has 0 bridgehead atoms. The van der Waals surface area contributed by atoms with E-state index in [9.17, 15) is 13.6 Å². The summed E-state index contributed by atoms with van der Waals surface area (Å²) in [6.07, 6.45) is -1.38. The number of aromatic nitrogens is 2. The van der Waals surface area contributed by atoms with E-state index in [1.807, 2.05) is 0 Å². The molecular formula is C8H6F2N2OS. The Morgan fingerprint density at radius 3 is 3.07 bits per heavy atom. The number of hydrogen-bond acceptors (Lipinski definition) is 3. The van der Waals surface area contributed by atoms with Gasteiger partial charge in [-0.3, -0.25) is 9.36 Å². The van der Waals surface area contributed by atoms with E-state index in [2.05, 4.69) is 4.98 Å². The summed E-state index contributed by atoms with van der Waals surface area (Å²) < 4.78 is 25.4. The van der Waals surface area contributed by atoms with E-state index < -0.39 is 18.5 Å². The molecule has 0 aliphatic rings. The number of alkyl halides is 2. The molecular weight excluding hydrogens is 210 g/mol. The first-order chi connectivity index (χ1) is 6.68. The standard InChI is InChI=1S/C8H6F2N2OS/c9-6(10)3-12-4-11-5-1-2-14-7(5)8(12)13/h1-2,4,6H,3H2. The molecule has 2 aromatic heterocycles. The van der Waals surface area contributed by atoms with E-state index in [0.717, 1.165) is 10.9 Å². The first kappa shape index (κ1) is 9.26. The fraction of sp³-hybridized carbons (Fsp3) is 0.250. The quantitative estimate of drug-likeness (QED) is 0.766. The third-order valence-electron chi connectivity index (χ3n) is 1.77. The largest absolute Gasteiger partial charge is 0.292 e. The summed E-state index contributed by atoms with van der Waals surface area (Å²) in [5.74, 6) is 0. The Bertz CT molecular complexity index is 505. The van der Waals surface area contributed by atoms with Crippen molar-refractivity contribution in [3.8, 4) is 0 Å². The highest BCUT2D eigenvalue weighted by Gasteiger charge is 2.09. The lowest BCUT2D eigenvalue weighted by atomic mass is 10.4. The van der Waals surface area contributed by atoms with Crippen molar-refractivity contribution in [3.63, 3.8) is 0 Å². The molecule has 0 fully saturated rings. The van der Waals surface area contributed by atoms with Gasteiger partial charge in [0.15, 0.2) is 0 Å². The van der Waals surface area contributed by atoms with Crippen LogP contribution >= 0.6 is 11.3 Å². The molecule has 2 heterocycles. The highest BCUT2D eigenvalue weighted by atomic mass is 32.1. The fourth-order valence-corrected chi connectivity index (χ4v) is 1.95. The van der Waals surface area contributed by atoms with E-state index >= 15 is 0 Å². The van der Waals surface area contributed by atoms with Crippen molar-refractivity contribution in [2.45, 2.75) is 13.0 Å². The van der Waals surface area contributed by atoms with Gasteiger partial charge in [-0.15, -0.1) is 11.3 Å². The molecule has 0 aromatic carbocycles. The molecule has 0 aliphatic heterocycles. The van der Waals surface area contributed by atoms with Crippen LogP contribution in [0.1, 0.15) is 0 Å². The lowest BCUT2D eigenvalue weighted by Crippen LogP contribution is -2.22. The molecule has 2 rings (SSSR count). The Labute approximate surface area is 81.6 Å². The Balaban J connectivity index is 2.57. The molecule has 0 saturated heterocycles. The molecule has 0 radical (unpaired) electrons. The average Bonchev–Trinajstić information content (AvgIpc) is 2.57. The predicted octanol–water partition coefficient (Wildman–Crippen LogP) is 1.72. The van der Waals surface area contributed by atoms with Crippen LogP contribution in [0.15, 0.2) is 22.6 Å². The van der Waals surface area contributed by atoms with Crippen LogP contribution in [0.4, 0.5) is 8.78 Å². The van der Waals surface area contributed by atoms with Crippen molar-refractivity contribution in [2.24, 2.45) is 0 Å². The molecule has 0 saturated carbocycles. The minimum atomic E-state index is -2.54. The zero-order chi connectivity index (χ0) is 10.1. The summed E-state index contributed by atoms with van der Waals surface area (Å²) >= 11 is 1.21. The number of rotatable bonds is 2. The van der Waals surface area contributed by atoms with Crippen molar-refractivity contribution < 1.29 is 8.78 Å². The molecule has 0 amide bonds. The van der Waals surface area contributed by atoms with Crippen LogP contribution in [0.25, 0.3) is 10.2 Å². The monoisotopic (exact) mass is 216 g/mol. The van der Waals surface area contributed by atoms with Crippen molar-refractivity contribution in [2.75, 3.05) is 0 Å². The Morgan fingerprint density at radius 2 is 2.36 bits per heavy atom. The molecule has 74 valence electrons. The van der Waals surface area contributed by atoms with Crippen LogP contribution in [0.5, 0.6) is 0 Å². The third kappa shape index (κ3) is 1.52. The topological polar surface area (TPSA) is 34.9 Å². The van der Waals surface area contributed by atoms with Gasteiger partial charge >= 0.3 is 0 Å². The average molecular weight is 216 g/mol. The van der Waals surface area contributed by atoms with Crippen LogP contribution in [0.3, 0.4) is 0 Å². The minimum absolute atomic E-state index is 0.398. The SMILES string of the molecule is O=c1c2sccc2ncn1CC(F)F. The van der Waals surface area contributed by atoms with Crippen molar-refractivity contribution in [1.82, 2.24) is 9.55 Å². The zero-order valence-corrected chi connectivity index (χ0v) is 7.80. The van der Waals surface area contributed by atoms with Crippen molar-refractivity contribution in [3.05, 3.63) is 28.1 Å². The van der Waals surface area contributed by atoms with Gasteiger partial charge < -0.3 is 0 Å². The van der Waals surface area contributed by atoms with E-state index in [0.29, 0.717) is 10.2 Å². The maximum atomic E-state index is 12.0. The molecule has 0 aliphatic carbocycles. The lowest BCUT2D eigenvalue weighted by Gasteiger charge is -2.02. The van der Waals surface area contributed by atoms with Gasteiger partial charge in [-0.05, 0) is 11.4 Å². The normalized spacial score (nSPS) is 11.4. The molecule has 0 atom stereocenters. The van der Waals surface area contributed by atoms with Crippen molar-refractivity contribution >= 4 is 21.6 Å². The summed E-state index contributed by atoms with van der Waals surface area (Å²) in [7, 11) is 0. The van der Waals surface area contributed by atoms with E-state index in [1.165, 1.54) is 11.3 Å². The third-order valence-corrected chi connectivity index (χ3v) is 2.66. The molecule has 6 heteroatoms. The zero-order valence-electron chi connectivity index (χ0n) is 6.98. The van der Waals surface area contributed by atoms with Crippen molar-refractivity contribution in [1.29, 1.82) is 0 Å². The van der Waals surface area contributed by atoms with Crippen LogP contribution in [0, 0.1) is 0 Å². The smallest absolute Gasteiger partial charge is 0.271 e. The Kier molecular flexibility index (Phi) is 2.28. The fourth-order valence-electron chi connectivity index (χ4n) is 1.16. The first-order valence-corrected chi connectivity index (χ1v) is 4.77. The van der Waals surface area contributed by atoms with Gasteiger partial charge in [-0.25, -0.2) is 13.8 Å². The van der Waals surface area contributed by atoms with Crippen LogP contribution in [-0.2, 0) is 6.54 Å². The Hall–Kier alpha value is -1.30. The second-order valence-electron chi connectivity index (χ2n) is 2.73. The first-order valence-electron chi connectivity index (χ1n) is 3.89. The number of nitrogens with zero attached hydrogens (tertiary/aromatic N) is 2. The molecule has 3 nitrogen and oxygen atoms in total. The maximum Gasteiger partial charge on any atom is 0.271 e. The van der Waals surface area contributed by atoms with Gasteiger partial charge in [-0.1, -0.05) is 0 Å². The molecule has 0 unspecified atom stereocenters. The summed E-state index contributed by atoms with van der Waals surface area (Å²) in [6, 6.07) is 1.69. The van der Waals surface area contributed by atoms with Crippen LogP contribution in [0.2, 0.25) is 0 Å². The Morgan fingerprint density at radius 1 is 1.57 bits per heavy atom. The highest BCUT2D eigenvalue weighted by Crippen LogP contribution is 2.13. The summed E-state index contributed by atoms with van der Waals surface area (Å²) in [5.41, 5.74) is 0.163. The molecule has 0 N–H and O–H groups in total. The molecule has 2 aromatic rings. The van der Waals surface area contributed by atoms with Gasteiger partial charge in [-0.2, -0.15) is 0 Å². The van der Waals surface area contributed by atoms with Gasteiger partial charge in [0.25, 0.3) is 12.0 Å². The second-order valence-corrected chi connectivity index (χ2v) is 3.64. The number of hydrogen-bond donors (Lipinski definition) is 0. The number of fused-ring (bicyclic) bond motifs is 1. The lowest BCUT2D eigenvalue weighted by molar-refractivity contribution is 0.125. The summed E-state index contributed by atoms with van der Waals surface area (Å²) in [6.45, 7) is -0.598. The van der Waals surface area contributed by atoms with E-state index in [-0.39, 0.29) is 0 Å². The van der Waals surface area contributed by atoms with Gasteiger partial charge in [0.05, 0.1) is 18.4 Å². The van der Waals surface area contributed by atoms with Gasteiger partial charge in [0.1, 0.15) is 4.70 Å². The number of thiophene rings is 1. The minimum Gasteiger partial charge on any atom is -0.292 e.